The zero-order chi connectivity index (χ0) is 4.69. The first-order valence-corrected chi connectivity index (χ1v) is 3.17. The predicted octanol–water partition coefficient (Wildman–Crippen LogP) is 0.616. The number of piperidine rings is 1. The van der Waals surface area contributed by atoms with Crippen LogP contribution < -0.4 is 5.32 Å². The van der Waals surface area contributed by atoms with Crippen molar-refractivity contribution < 1.29 is 0 Å². The monoisotopic (exact) mass is 97.1 g/mol. The van der Waals surface area contributed by atoms with E-state index in [0.717, 1.165) is 11.8 Å². The van der Waals surface area contributed by atoms with Gasteiger partial charge in [0.25, 0.3) is 0 Å². The molecule has 1 nitrogen and oxygen atoms in total. The Hall–Kier alpha value is -0.0400. The molecule has 2 atom stereocenters. The summed E-state index contributed by atoms with van der Waals surface area (Å²) in [4.78, 5) is 0. The number of fused-ring (bicyclic) bond motifs is 1. The maximum absolute atomic E-state index is 3.38. The van der Waals surface area contributed by atoms with Gasteiger partial charge >= 0.3 is 0 Å². The minimum atomic E-state index is 1.09. The fourth-order valence-electron chi connectivity index (χ4n) is 1.49. The summed E-state index contributed by atoms with van der Waals surface area (Å²) in [5.41, 5.74) is 0. The highest BCUT2D eigenvalue weighted by atomic mass is 14.9. The Morgan fingerprint density at radius 1 is 1.29 bits per heavy atom. The van der Waals surface area contributed by atoms with Gasteiger partial charge in [-0.05, 0) is 37.8 Å². The molecule has 0 aromatic rings. The second kappa shape index (κ2) is 1.22. The summed E-state index contributed by atoms with van der Waals surface area (Å²) in [7, 11) is 0. The Morgan fingerprint density at radius 2 is 2.29 bits per heavy atom. The van der Waals surface area contributed by atoms with Gasteiger partial charge in [0, 0.05) is 0 Å². The summed E-state index contributed by atoms with van der Waals surface area (Å²) in [5.74, 6) is 2.23. The minimum Gasteiger partial charge on any atom is -0.316 e. The van der Waals surface area contributed by atoms with E-state index in [9.17, 15) is 0 Å². The first-order valence-electron chi connectivity index (χ1n) is 3.17. The van der Waals surface area contributed by atoms with Crippen molar-refractivity contribution in [3.63, 3.8) is 0 Å². The third-order valence-corrected chi connectivity index (χ3v) is 2.17. The third kappa shape index (κ3) is 0.556. The van der Waals surface area contributed by atoms with Gasteiger partial charge in [-0.3, -0.25) is 0 Å². The third-order valence-electron chi connectivity index (χ3n) is 2.17. The van der Waals surface area contributed by atoms with Crippen LogP contribution in [0.15, 0.2) is 0 Å². The average Bonchev–Trinajstić information content (AvgIpc) is 2.41. The molecule has 1 N–H and O–H groups in total. The van der Waals surface area contributed by atoms with Crippen LogP contribution in [0.5, 0.6) is 0 Å². The molecule has 1 heterocycles. The highest BCUT2D eigenvalue weighted by Gasteiger charge is 2.38. The number of rotatable bonds is 0. The van der Waals surface area contributed by atoms with Gasteiger partial charge in [-0.1, -0.05) is 0 Å². The lowest BCUT2D eigenvalue weighted by Crippen LogP contribution is -2.23. The molecule has 2 fully saturated rings. The average molecular weight is 97.2 g/mol. The smallest absolute Gasteiger partial charge is 0.00178 e. The van der Waals surface area contributed by atoms with Crippen molar-refractivity contribution in [1.82, 2.24) is 5.32 Å². The van der Waals surface area contributed by atoms with E-state index in [4.69, 9.17) is 0 Å². The zero-order valence-corrected chi connectivity index (χ0v) is 4.48. The van der Waals surface area contributed by atoms with E-state index in [-0.39, 0.29) is 0 Å². The molecule has 1 aliphatic heterocycles. The molecule has 0 amide bonds. The van der Waals surface area contributed by atoms with Crippen LogP contribution in [-0.2, 0) is 0 Å². The maximum Gasteiger partial charge on any atom is -0.00178 e. The quantitative estimate of drug-likeness (QED) is 0.467. The minimum absolute atomic E-state index is 1.09. The highest BCUT2D eigenvalue weighted by molar-refractivity contribution is 4.91. The normalized spacial score (nSPS) is 48.0. The van der Waals surface area contributed by atoms with Crippen LogP contribution in [0.1, 0.15) is 12.8 Å². The summed E-state index contributed by atoms with van der Waals surface area (Å²) in [6.07, 6.45) is 2.97. The van der Waals surface area contributed by atoms with E-state index in [1.807, 2.05) is 0 Å². The van der Waals surface area contributed by atoms with Crippen molar-refractivity contribution in [3.8, 4) is 0 Å². The Labute approximate surface area is 44.1 Å². The van der Waals surface area contributed by atoms with E-state index in [0.29, 0.717) is 0 Å². The predicted molar refractivity (Wildman–Crippen MR) is 29.1 cm³/mol. The lowest BCUT2D eigenvalue weighted by molar-refractivity contribution is 0.497. The second-order valence-electron chi connectivity index (χ2n) is 2.75. The summed E-state index contributed by atoms with van der Waals surface area (Å²) in [5, 5.41) is 3.38. The molecule has 40 valence electrons. The van der Waals surface area contributed by atoms with Crippen molar-refractivity contribution >= 4 is 0 Å². The van der Waals surface area contributed by atoms with Gasteiger partial charge in [0.15, 0.2) is 0 Å². The fraction of sp³-hybridized carbons (Fsp3) is 1.00. The number of hydrogen-bond acceptors (Lipinski definition) is 1. The summed E-state index contributed by atoms with van der Waals surface area (Å²) >= 11 is 0. The van der Waals surface area contributed by atoms with E-state index in [1.54, 1.807) is 0 Å². The topological polar surface area (TPSA) is 12.0 Å². The molecule has 1 aliphatic carbocycles. The molecule has 1 heteroatoms. The summed E-state index contributed by atoms with van der Waals surface area (Å²) in [6, 6.07) is 0. The largest absolute Gasteiger partial charge is 0.316 e. The van der Waals surface area contributed by atoms with Crippen molar-refractivity contribution in [2.24, 2.45) is 11.8 Å². The van der Waals surface area contributed by atoms with Crippen molar-refractivity contribution in [2.45, 2.75) is 12.8 Å². The van der Waals surface area contributed by atoms with Gasteiger partial charge in [-0.25, -0.2) is 0 Å². The van der Waals surface area contributed by atoms with Gasteiger partial charge in [0.2, 0.25) is 0 Å². The number of nitrogens with one attached hydrogen (secondary N) is 1. The Bertz CT molecular complexity index is 70.2. The number of hydrogen-bond donors (Lipinski definition) is 1. The molecule has 2 aliphatic rings. The summed E-state index contributed by atoms with van der Waals surface area (Å²) in [6.45, 7) is 2.59. The standard InChI is InChI=1S/C6H11N/c1-2-7-4-6-3-5(1)6/h5-7H,1-4H2/t5?,6-/m1/s1. The highest BCUT2D eigenvalue weighted by Crippen LogP contribution is 2.42. The van der Waals surface area contributed by atoms with Gasteiger partial charge in [-0.15, -0.1) is 0 Å². The Balaban J connectivity index is 1.95. The lowest BCUT2D eigenvalue weighted by atomic mass is 10.2. The second-order valence-corrected chi connectivity index (χ2v) is 2.75. The lowest BCUT2D eigenvalue weighted by Gasteiger charge is -2.08. The first kappa shape index (κ1) is 3.90. The molecule has 0 spiro atoms. The van der Waals surface area contributed by atoms with Crippen molar-refractivity contribution in [2.75, 3.05) is 13.1 Å². The van der Waals surface area contributed by atoms with Crippen LogP contribution >= 0.6 is 0 Å². The fourth-order valence-corrected chi connectivity index (χ4v) is 1.49. The maximum atomic E-state index is 3.38. The van der Waals surface area contributed by atoms with Gasteiger partial charge in [0.1, 0.15) is 0 Å². The van der Waals surface area contributed by atoms with E-state index in [1.165, 1.54) is 25.9 Å². The first-order chi connectivity index (χ1) is 3.47. The Kier molecular flexibility index (Phi) is 0.680. The Morgan fingerprint density at radius 3 is 2.86 bits per heavy atom. The van der Waals surface area contributed by atoms with Crippen molar-refractivity contribution in [3.05, 3.63) is 0 Å². The molecule has 0 aromatic carbocycles. The van der Waals surface area contributed by atoms with Crippen molar-refractivity contribution in [1.29, 1.82) is 0 Å². The van der Waals surface area contributed by atoms with Crippen LogP contribution in [0.25, 0.3) is 0 Å². The molecule has 0 bridgehead atoms. The molecule has 2 rings (SSSR count). The van der Waals surface area contributed by atoms with Gasteiger partial charge in [-0.2, -0.15) is 0 Å². The van der Waals surface area contributed by atoms with Crippen LogP contribution in [0.3, 0.4) is 0 Å². The van der Waals surface area contributed by atoms with E-state index < -0.39 is 0 Å². The zero-order valence-electron chi connectivity index (χ0n) is 4.48. The molecular formula is C6H11N. The summed E-state index contributed by atoms with van der Waals surface area (Å²) < 4.78 is 0. The molecule has 1 unspecified atom stereocenters. The van der Waals surface area contributed by atoms with E-state index in [2.05, 4.69) is 5.32 Å². The molecule has 0 radical (unpaired) electrons. The molecular weight excluding hydrogens is 86.1 g/mol. The SMILES string of the molecule is C1CC2C[C@@H]2CN1. The van der Waals surface area contributed by atoms with E-state index >= 15 is 0 Å². The van der Waals surface area contributed by atoms with Crippen LogP contribution in [0.4, 0.5) is 0 Å². The molecule has 1 saturated carbocycles. The molecule has 7 heavy (non-hydrogen) atoms. The van der Waals surface area contributed by atoms with Crippen LogP contribution in [-0.4, -0.2) is 13.1 Å². The van der Waals surface area contributed by atoms with Gasteiger partial charge in [0.05, 0.1) is 0 Å². The van der Waals surface area contributed by atoms with Crippen LogP contribution in [0, 0.1) is 11.8 Å². The van der Waals surface area contributed by atoms with Crippen LogP contribution in [0.2, 0.25) is 0 Å². The molecule has 0 aromatic heterocycles. The van der Waals surface area contributed by atoms with Gasteiger partial charge < -0.3 is 5.32 Å². The molecule has 1 saturated heterocycles.